The normalized spacial score (nSPS) is 21.3. The van der Waals surface area contributed by atoms with Crippen LogP contribution in [0.5, 0.6) is 5.75 Å². The van der Waals surface area contributed by atoms with E-state index in [0.717, 1.165) is 28.7 Å². The number of carboxylic acids is 1. The number of aliphatic hydroxyl groups excluding tert-OH is 2. The summed E-state index contributed by atoms with van der Waals surface area (Å²) in [5.41, 5.74) is 4.61. The number of hydrogen-bond acceptors (Lipinski definition) is 6. The minimum absolute atomic E-state index is 0.0569. The minimum Gasteiger partial charge on any atom is -0.508 e. The van der Waals surface area contributed by atoms with Gasteiger partial charge < -0.3 is 20.4 Å². The fourth-order valence-electron chi connectivity index (χ4n) is 6.68. The van der Waals surface area contributed by atoms with E-state index in [4.69, 9.17) is 5.11 Å². The second kappa shape index (κ2) is 15.1. The number of fused-ring (bicyclic) bond motifs is 1. The lowest BCUT2D eigenvalue weighted by molar-refractivity contribution is -0.141. The lowest BCUT2D eigenvalue weighted by atomic mass is 9.67. The molecule has 8 nitrogen and oxygen atoms in total. The van der Waals surface area contributed by atoms with Gasteiger partial charge in [0.1, 0.15) is 5.75 Å². The highest BCUT2D eigenvalue weighted by Gasteiger charge is 2.54. The number of carbonyl (C=O) groups excluding carboxylic acids is 2. The summed E-state index contributed by atoms with van der Waals surface area (Å²) in [6, 6.07) is 16.8. The first-order valence-corrected chi connectivity index (χ1v) is 15.4. The van der Waals surface area contributed by atoms with Crippen molar-refractivity contribution in [2.45, 2.75) is 70.8 Å². The number of carbonyl (C=O) groups is 3. The van der Waals surface area contributed by atoms with Crippen molar-refractivity contribution in [3.8, 4) is 5.75 Å². The third kappa shape index (κ3) is 7.80. The number of hydrogen-bond donors (Lipinski definition) is 4. The first-order chi connectivity index (χ1) is 20.7. The van der Waals surface area contributed by atoms with Crippen molar-refractivity contribution in [1.82, 2.24) is 4.90 Å². The van der Waals surface area contributed by atoms with Gasteiger partial charge in [-0.25, -0.2) is 0 Å². The molecule has 0 aromatic heterocycles. The van der Waals surface area contributed by atoms with E-state index in [2.05, 4.69) is 0 Å². The minimum atomic E-state index is -0.889. The van der Waals surface area contributed by atoms with Gasteiger partial charge in [-0.1, -0.05) is 73.9 Å². The standard InChI is InChI=1S/C35H43NO7/c1-2-9-26-21-28-33(35(43)36(34(28)42)19-8-4-7-12-31(40)41)29(22-37)32(26)30(39)18-15-25(24-10-5-3-6-11-24)20-23-13-16-27(38)17-14-23/h3,5-6,10-11,13-14,16-17,20,28-30,33,37-39H,2,4,7-9,12,15,18-19,21-22H2,1H3,(H,40,41)/b25-20-/t28-,29+,30-,33-/m1/s1. The summed E-state index contributed by atoms with van der Waals surface area (Å²) >= 11 is 0. The molecular formula is C35H43NO7. The molecule has 0 unspecified atom stereocenters. The average Bonchev–Trinajstić information content (AvgIpc) is 3.24. The van der Waals surface area contributed by atoms with Gasteiger partial charge in [0.05, 0.1) is 24.5 Å². The van der Waals surface area contributed by atoms with E-state index in [1.807, 2.05) is 55.5 Å². The summed E-state index contributed by atoms with van der Waals surface area (Å²) in [6.07, 6.45) is 5.64. The molecular weight excluding hydrogens is 546 g/mol. The molecule has 0 spiro atoms. The van der Waals surface area contributed by atoms with Crippen molar-refractivity contribution < 1.29 is 34.8 Å². The quantitative estimate of drug-likeness (QED) is 0.0942. The summed E-state index contributed by atoms with van der Waals surface area (Å²) in [5, 5.41) is 40.8. The first-order valence-electron chi connectivity index (χ1n) is 15.4. The number of benzene rings is 2. The van der Waals surface area contributed by atoms with Crippen LogP contribution in [0.4, 0.5) is 0 Å². The van der Waals surface area contributed by atoms with Gasteiger partial charge in [0.25, 0.3) is 0 Å². The molecule has 8 heteroatoms. The molecule has 0 saturated carbocycles. The Morgan fingerprint density at radius 3 is 2.37 bits per heavy atom. The van der Waals surface area contributed by atoms with Crippen LogP contribution in [0.25, 0.3) is 11.6 Å². The summed E-state index contributed by atoms with van der Waals surface area (Å²) < 4.78 is 0. The van der Waals surface area contributed by atoms with Crippen molar-refractivity contribution in [3.63, 3.8) is 0 Å². The molecule has 4 N–H and O–H groups in total. The SMILES string of the molecule is CCCC1=C([C@H](O)CC/C(=C/c2ccc(O)cc2)c2ccccc2)[C@H](CO)[C@@H]2C(=O)N(CCCCCC(=O)O)C(=O)[C@@H]2C1. The van der Waals surface area contributed by atoms with E-state index in [-0.39, 0.29) is 37.1 Å². The highest BCUT2D eigenvalue weighted by atomic mass is 16.4. The van der Waals surface area contributed by atoms with Crippen LogP contribution < -0.4 is 0 Å². The number of rotatable bonds is 15. The topological polar surface area (TPSA) is 135 Å². The van der Waals surface area contributed by atoms with Gasteiger partial charge in [-0.15, -0.1) is 0 Å². The average molecular weight is 590 g/mol. The summed E-state index contributed by atoms with van der Waals surface area (Å²) in [4.78, 5) is 39.1. The number of carboxylic acid groups (broad SMARTS) is 1. The van der Waals surface area contributed by atoms with Gasteiger partial charge in [-0.3, -0.25) is 19.3 Å². The number of amides is 2. The summed E-state index contributed by atoms with van der Waals surface area (Å²) in [5.74, 6) is -3.09. The highest BCUT2D eigenvalue weighted by molar-refractivity contribution is 6.05. The molecule has 1 aliphatic heterocycles. The van der Waals surface area contributed by atoms with Gasteiger partial charge in [0.2, 0.25) is 11.8 Å². The second-order valence-corrected chi connectivity index (χ2v) is 11.6. The molecule has 230 valence electrons. The van der Waals surface area contributed by atoms with E-state index in [1.165, 1.54) is 4.90 Å². The summed E-state index contributed by atoms with van der Waals surface area (Å²) in [7, 11) is 0. The molecule has 2 amide bonds. The van der Waals surface area contributed by atoms with Crippen LogP contribution >= 0.6 is 0 Å². The molecule has 1 heterocycles. The van der Waals surface area contributed by atoms with Gasteiger partial charge in [0, 0.05) is 18.9 Å². The van der Waals surface area contributed by atoms with E-state index in [0.29, 0.717) is 50.5 Å². The number of aliphatic hydroxyl groups is 2. The molecule has 4 rings (SSSR count). The number of aliphatic carboxylic acids is 1. The van der Waals surface area contributed by atoms with Gasteiger partial charge >= 0.3 is 5.97 Å². The number of unbranched alkanes of at least 4 members (excludes halogenated alkanes) is 2. The molecule has 0 radical (unpaired) electrons. The molecule has 43 heavy (non-hydrogen) atoms. The zero-order chi connectivity index (χ0) is 30.9. The predicted molar refractivity (Wildman–Crippen MR) is 165 cm³/mol. The van der Waals surface area contributed by atoms with Gasteiger partial charge in [-0.05, 0) is 72.9 Å². The number of imide groups is 1. The monoisotopic (exact) mass is 589 g/mol. The van der Waals surface area contributed by atoms with Gasteiger partial charge in [0.15, 0.2) is 0 Å². The van der Waals surface area contributed by atoms with E-state index in [1.54, 1.807) is 12.1 Å². The van der Waals surface area contributed by atoms with Crippen molar-refractivity contribution in [3.05, 3.63) is 76.9 Å². The fraction of sp³-hybridized carbons (Fsp3) is 0.457. The highest BCUT2D eigenvalue weighted by Crippen LogP contribution is 2.47. The molecule has 1 aliphatic carbocycles. The number of nitrogens with zero attached hydrogens (tertiary/aromatic N) is 1. The zero-order valence-corrected chi connectivity index (χ0v) is 24.8. The summed E-state index contributed by atoms with van der Waals surface area (Å²) in [6.45, 7) is 1.95. The Morgan fingerprint density at radius 1 is 1.00 bits per heavy atom. The lowest BCUT2D eigenvalue weighted by Gasteiger charge is -2.36. The number of likely N-dealkylation sites (tertiary alicyclic amines) is 1. The third-order valence-corrected chi connectivity index (χ3v) is 8.72. The maximum absolute atomic E-state index is 13.6. The molecule has 4 atom stereocenters. The third-order valence-electron chi connectivity index (χ3n) is 8.72. The smallest absolute Gasteiger partial charge is 0.303 e. The van der Waals surface area contributed by atoms with E-state index < -0.39 is 29.8 Å². The van der Waals surface area contributed by atoms with Crippen molar-refractivity contribution in [2.24, 2.45) is 17.8 Å². The first kappa shape index (κ1) is 32.2. The number of phenolic OH excluding ortho intramolecular Hbond substituents is 1. The molecule has 0 bridgehead atoms. The van der Waals surface area contributed by atoms with Crippen LogP contribution in [-0.2, 0) is 14.4 Å². The van der Waals surface area contributed by atoms with Crippen molar-refractivity contribution in [2.75, 3.05) is 13.2 Å². The van der Waals surface area contributed by atoms with E-state index >= 15 is 0 Å². The molecule has 2 aromatic carbocycles. The van der Waals surface area contributed by atoms with Crippen LogP contribution in [0.3, 0.4) is 0 Å². The van der Waals surface area contributed by atoms with Crippen LogP contribution in [0.2, 0.25) is 0 Å². The Balaban J connectivity index is 1.54. The Bertz CT molecular complexity index is 1330. The fourth-order valence-corrected chi connectivity index (χ4v) is 6.68. The largest absolute Gasteiger partial charge is 0.508 e. The maximum atomic E-state index is 13.6. The van der Waals surface area contributed by atoms with Crippen LogP contribution in [-0.4, -0.2) is 62.4 Å². The Morgan fingerprint density at radius 2 is 1.72 bits per heavy atom. The Labute approximate surface area is 253 Å². The number of allylic oxidation sites excluding steroid dienone is 2. The molecule has 1 saturated heterocycles. The molecule has 1 fully saturated rings. The van der Waals surface area contributed by atoms with Crippen LogP contribution in [0.1, 0.15) is 75.8 Å². The second-order valence-electron chi connectivity index (χ2n) is 11.6. The Kier molecular flexibility index (Phi) is 11.3. The molecule has 2 aromatic rings. The zero-order valence-electron chi connectivity index (χ0n) is 24.8. The van der Waals surface area contributed by atoms with E-state index in [9.17, 15) is 29.7 Å². The number of aromatic hydroxyl groups is 1. The van der Waals surface area contributed by atoms with Crippen LogP contribution in [0.15, 0.2) is 65.7 Å². The maximum Gasteiger partial charge on any atom is 0.303 e. The van der Waals surface area contributed by atoms with Gasteiger partial charge in [-0.2, -0.15) is 0 Å². The predicted octanol–water partition coefficient (Wildman–Crippen LogP) is 5.43. The molecule has 2 aliphatic rings. The lowest BCUT2D eigenvalue weighted by Crippen LogP contribution is -2.39. The number of phenols is 1. The van der Waals surface area contributed by atoms with Crippen LogP contribution in [0, 0.1) is 17.8 Å². The van der Waals surface area contributed by atoms with Crippen molar-refractivity contribution >= 4 is 29.4 Å². The van der Waals surface area contributed by atoms with Crippen molar-refractivity contribution in [1.29, 1.82) is 0 Å². The Hall–Kier alpha value is -3.75.